The molecule has 10 heteroatoms. The van der Waals surface area contributed by atoms with E-state index >= 15 is 0 Å². The molecule has 0 amide bonds. The molecule has 1 N–H and O–H groups in total. The van der Waals surface area contributed by atoms with Gasteiger partial charge in [0.1, 0.15) is 0 Å². The van der Waals surface area contributed by atoms with E-state index in [2.05, 4.69) is 16.1 Å². The third-order valence-electron chi connectivity index (χ3n) is 1.55. The van der Waals surface area contributed by atoms with Gasteiger partial charge >= 0.3 is 27.3 Å². The normalized spacial score (nSPS) is 13.6. The van der Waals surface area contributed by atoms with E-state index in [-0.39, 0.29) is 6.42 Å². The van der Waals surface area contributed by atoms with E-state index in [0.717, 1.165) is 0 Å². The standard InChI is InChI=1S/C8H10F2O7S/c1-3-5(11)16-6(4-2)17-7(12)8(9,10)18(13,14)15/h3,6H,1,4H2,2H3,(H,13,14,15). The van der Waals surface area contributed by atoms with Crippen molar-refractivity contribution < 1.29 is 40.8 Å². The molecule has 1 atom stereocenters. The van der Waals surface area contributed by atoms with Crippen LogP contribution in [0.15, 0.2) is 12.7 Å². The van der Waals surface area contributed by atoms with Crippen molar-refractivity contribution in [3.05, 3.63) is 12.7 Å². The molecule has 104 valence electrons. The minimum Gasteiger partial charge on any atom is -0.422 e. The van der Waals surface area contributed by atoms with Crippen molar-refractivity contribution in [1.29, 1.82) is 0 Å². The molecular formula is C8H10F2O7S. The van der Waals surface area contributed by atoms with Crippen LogP contribution >= 0.6 is 0 Å². The van der Waals surface area contributed by atoms with Gasteiger partial charge in [-0.1, -0.05) is 13.5 Å². The third kappa shape index (κ3) is 4.04. The Kier molecular flexibility index (Phi) is 5.36. The number of ether oxygens (including phenoxy) is 2. The van der Waals surface area contributed by atoms with Gasteiger partial charge in [0.05, 0.1) is 0 Å². The van der Waals surface area contributed by atoms with Crippen molar-refractivity contribution in [2.24, 2.45) is 0 Å². The van der Waals surface area contributed by atoms with E-state index < -0.39 is 33.6 Å². The first kappa shape index (κ1) is 16.4. The molecule has 18 heavy (non-hydrogen) atoms. The summed E-state index contributed by atoms with van der Waals surface area (Å²) in [5.41, 5.74) is 0. The number of hydrogen-bond donors (Lipinski definition) is 1. The molecule has 1 unspecified atom stereocenters. The molecule has 0 fully saturated rings. The number of carbonyl (C=O) groups is 2. The minimum absolute atomic E-state index is 0.202. The van der Waals surface area contributed by atoms with Crippen LogP contribution in [0.3, 0.4) is 0 Å². The van der Waals surface area contributed by atoms with Gasteiger partial charge in [0.2, 0.25) is 6.29 Å². The second kappa shape index (κ2) is 5.87. The molecule has 0 aromatic rings. The average molecular weight is 288 g/mol. The summed E-state index contributed by atoms with van der Waals surface area (Å²) in [6.45, 7) is 4.34. The zero-order valence-electron chi connectivity index (χ0n) is 9.13. The smallest absolute Gasteiger partial charge is 0.422 e. The summed E-state index contributed by atoms with van der Waals surface area (Å²) in [5, 5.41) is -5.14. The molecule has 0 saturated carbocycles. The first-order valence-corrected chi connectivity index (χ1v) is 5.89. The molecule has 0 bridgehead atoms. The third-order valence-corrected chi connectivity index (χ3v) is 2.36. The van der Waals surface area contributed by atoms with Crippen LogP contribution in [0.5, 0.6) is 0 Å². The summed E-state index contributed by atoms with van der Waals surface area (Å²) in [4.78, 5) is 21.5. The number of halogens is 2. The van der Waals surface area contributed by atoms with Crippen LogP contribution in [0.4, 0.5) is 8.78 Å². The van der Waals surface area contributed by atoms with Crippen molar-refractivity contribution >= 4 is 22.1 Å². The van der Waals surface area contributed by atoms with Gasteiger partial charge in [-0.05, 0) is 0 Å². The molecule has 0 spiro atoms. The summed E-state index contributed by atoms with van der Waals surface area (Å²) in [5.74, 6) is -3.60. The Morgan fingerprint density at radius 3 is 2.28 bits per heavy atom. The molecule has 0 aromatic carbocycles. The average Bonchev–Trinajstić information content (AvgIpc) is 2.25. The lowest BCUT2D eigenvalue weighted by Crippen LogP contribution is -2.41. The monoisotopic (exact) mass is 288 g/mol. The second-order valence-electron chi connectivity index (χ2n) is 2.88. The van der Waals surface area contributed by atoms with E-state index in [9.17, 15) is 26.8 Å². The van der Waals surface area contributed by atoms with E-state index in [1.54, 1.807) is 0 Å². The second-order valence-corrected chi connectivity index (χ2v) is 4.34. The Morgan fingerprint density at radius 1 is 1.44 bits per heavy atom. The number of alkyl halides is 2. The number of carbonyl (C=O) groups excluding carboxylic acids is 2. The fraction of sp³-hybridized carbons (Fsp3) is 0.500. The lowest BCUT2D eigenvalue weighted by molar-refractivity contribution is -0.196. The predicted molar refractivity (Wildman–Crippen MR) is 53.0 cm³/mol. The lowest BCUT2D eigenvalue weighted by Gasteiger charge is -2.18. The highest BCUT2D eigenvalue weighted by Gasteiger charge is 2.55. The molecule has 0 aliphatic rings. The van der Waals surface area contributed by atoms with Crippen LogP contribution in [0, 0.1) is 0 Å². The van der Waals surface area contributed by atoms with Gasteiger partial charge in [0.15, 0.2) is 0 Å². The van der Waals surface area contributed by atoms with E-state index in [1.807, 2.05) is 0 Å². The number of rotatable bonds is 6. The Hall–Kier alpha value is -1.55. The maximum Gasteiger partial charge on any atom is 0.465 e. The van der Waals surface area contributed by atoms with Gasteiger partial charge in [0, 0.05) is 12.5 Å². The SMILES string of the molecule is C=CC(=O)OC(CC)OC(=O)C(F)(F)S(=O)(=O)O. The zero-order valence-corrected chi connectivity index (χ0v) is 9.95. The van der Waals surface area contributed by atoms with Crippen molar-refractivity contribution in [1.82, 2.24) is 0 Å². The fourth-order valence-electron chi connectivity index (χ4n) is 0.662. The molecule has 0 heterocycles. The van der Waals surface area contributed by atoms with Crippen LogP contribution in [-0.4, -0.2) is 36.5 Å². The number of esters is 2. The lowest BCUT2D eigenvalue weighted by atomic mass is 10.4. The summed E-state index contributed by atoms with van der Waals surface area (Å²) in [7, 11) is -5.96. The summed E-state index contributed by atoms with van der Waals surface area (Å²) in [6, 6.07) is 0. The molecular weight excluding hydrogens is 278 g/mol. The van der Waals surface area contributed by atoms with E-state index in [1.165, 1.54) is 6.92 Å². The van der Waals surface area contributed by atoms with Gasteiger partial charge < -0.3 is 9.47 Å². The van der Waals surface area contributed by atoms with Crippen molar-refractivity contribution in [3.8, 4) is 0 Å². The summed E-state index contributed by atoms with van der Waals surface area (Å²) in [6.07, 6.45) is -1.22. The summed E-state index contributed by atoms with van der Waals surface area (Å²) < 4.78 is 62.4. The first-order chi connectivity index (χ1) is 8.06. The van der Waals surface area contributed by atoms with Gasteiger partial charge in [-0.2, -0.15) is 17.2 Å². The van der Waals surface area contributed by atoms with Crippen LogP contribution in [0.1, 0.15) is 13.3 Å². The molecule has 0 saturated heterocycles. The summed E-state index contributed by atoms with van der Waals surface area (Å²) >= 11 is 0. The zero-order chi connectivity index (χ0) is 14.6. The number of hydrogen-bond acceptors (Lipinski definition) is 6. The van der Waals surface area contributed by atoms with Crippen LogP contribution in [-0.2, 0) is 29.2 Å². The highest BCUT2D eigenvalue weighted by Crippen LogP contribution is 2.23. The Bertz CT molecular complexity index is 442. The largest absolute Gasteiger partial charge is 0.465 e. The van der Waals surface area contributed by atoms with Gasteiger partial charge in [-0.25, -0.2) is 9.59 Å². The fourth-order valence-corrected chi connectivity index (χ4v) is 0.920. The Morgan fingerprint density at radius 2 is 1.94 bits per heavy atom. The first-order valence-electron chi connectivity index (χ1n) is 4.45. The molecule has 0 aliphatic carbocycles. The Labute approximate surface area is 101 Å². The maximum atomic E-state index is 12.8. The van der Waals surface area contributed by atoms with Crippen LogP contribution in [0.2, 0.25) is 0 Å². The molecule has 0 rings (SSSR count). The van der Waals surface area contributed by atoms with Gasteiger partial charge in [0.25, 0.3) is 0 Å². The van der Waals surface area contributed by atoms with Crippen LogP contribution in [0.25, 0.3) is 0 Å². The highest BCUT2D eigenvalue weighted by atomic mass is 32.2. The van der Waals surface area contributed by atoms with Crippen molar-refractivity contribution in [2.75, 3.05) is 0 Å². The van der Waals surface area contributed by atoms with Crippen LogP contribution < -0.4 is 0 Å². The molecule has 0 aromatic heterocycles. The maximum absolute atomic E-state index is 12.8. The van der Waals surface area contributed by atoms with Gasteiger partial charge in [-0.15, -0.1) is 0 Å². The quantitative estimate of drug-likeness (QED) is 0.328. The predicted octanol–water partition coefficient (Wildman–Crippen LogP) is 0.476. The highest BCUT2D eigenvalue weighted by molar-refractivity contribution is 7.87. The minimum atomic E-state index is -5.96. The van der Waals surface area contributed by atoms with Crippen molar-refractivity contribution in [3.63, 3.8) is 0 Å². The van der Waals surface area contributed by atoms with E-state index in [4.69, 9.17) is 4.55 Å². The topological polar surface area (TPSA) is 107 Å². The molecule has 0 radical (unpaired) electrons. The molecule has 0 aliphatic heterocycles. The van der Waals surface area contributed by atoms with E-state index in [0.29, 0.717) is 6.08 Å². The van der Waals surface area contributed by atoms with Gasteiger partial charge in [-0.3, -0.25) is 4.55 Å². The van der Waals surface area contributed by atoms with Crippen molar-refractivity contribution in [2.45, 2.75) is 24.9 Å². The Balaban J connectivity index is 4.83. The molecule has 7 nitrogen and oxygen atoms in total.